The highest BCUT2D eigenvalue weighted by atomic mass is 35.5. The van der Waals surface area contributed by atoms with Crippen molar-refractivity contribution >= 4 is 23.3 Å². The number of ketones is 1. The van der Waals surface area contributed by atoms with E-state index >= 15 is 0 Å². The van der Waals surface area contributed by atoms with Crippen molar-refractivity contribution < 1.29 is 9.59 Å². The molecule has 0 fully saturated rings. The van der Waals surface area contributed by atoms with Gasteiger partial charge in [-0.15, -0.1) is 0 Å². The summed E-state index contributed by atoms with van der Waals surface area (Å²) in [4.78, 5) is 26.8. The molecule has 2 heterocycles. The number of nitrogens with one attached hydrogen (secondary N) is 1. The zero-order valence-corrected chi connectivity index (χ0v) is 9.97. The Kier molecular flexibility index (Phi) is 2.27. The molecule has 1 aromatic rings. The molecule has 84 valence electrons. The van der Waals surface area contributed by atoms with Gasteiger partial charge in [-0.3, -0.25) is 9.59 Å². The molecule has 0 aromatic carbocycles. The number of amides is 1. The number of rotatable bonds is 1. The Labute approximate surface area is 98.0 Å². The van der Waals surface area contributed by atoms with Crippen LogP contribution in [0.1, 0.15) is 47.2 Å². The van der Waals surface area contributed by atoms with Crippen molar-refractivity contribution in [1.29, 1.82) is 0 Å². The van der Waals surface area contributed by atoms with Crippen molar-refractivity contribution in [2.24, 2.45) is 0 Å². The van der Waals surface area contributed by atoms with Gasteiger partial charge in [0.2, 0.25) is 0 Å². The highest BCUT2D eigenvalue weighted by molar-refractivity contribution is 6.33. The van der Waals surface area contributed by atoms with Gasteiger partial charge in [0, 0.05) is 6.92 Å². The first-order valence-electron chi connectivity index (χ1n) is 4.87. The van der Waals surface area contributed by atoms with Crippen LogP contribution in [-0.2, 0) is 5.54 Å². The lowest BCUT2D eigenvalue weighted by Gasteiger charge is -2.19. The van der Waals surface area contributed by atoms with E-state index in [-0.39, 0.29) is 22.5 Å². The van der Waals surface area contributed by atoms with Crippen LogP contribution in [0.3, 0.4) is 0 Å². The Balaban J connectivity index is 2.73. The van der Waals surface area contributed by atoms with E-state index in [1.54, 1.807) is 6.07 Å². The highest BCUT2D eigenvalue weighted by Gasteiger charge is 2.37. The second kappa shape index (κ2) is 3.28. The molecule has 1 aliphatic heterocycles. The van der Waals surface area contributed by atoms with Gasteiger partial charge in [-0.05, 0) is 25.5 Å². The van der Waals surface area contributed by atoms with E-state index in [2.05, 4.69) is 10.3 Å². The summed E-state index contributed by atoms with van der Waals surface area (Å²) >= 11 is 5.92. The average molecular weight is 239 g/mol. The summed E-state index contributed by atoms with van der Waals surface area (Å²) in [5.74, 6) is -0.410. The standard InChI is InChI=1S/C11H11ClN2O2/c1-5(15)7-4-6-8(9(12)13-7)10(16)14-11(6,2)3/h4H,1-3H3,(H,14,16). The first-order chi connectivity index (χ1) is 7.33. The van der Waals surface area contributed by atoms with Gasteiger partial charge in [-0.1, -0.05) is 11.6 Å². The molecule has 0 bridgehead atoms. The van der Waals surface area contributed by atoms with Crippen molar-refractivity contribution in [3.05, 3.63) is 28.0 Å². The van der Waals surface area contributed by atoms with Gasteiger partial charge >= 0.3 is 0 Å². The maximum Gasteiger partial charge on any atom is 0.255 e. The molecule has 2 rings (SSSR count). The predicted octanol–water partition coefficient (Wildman–Crippen LogP) is 1.92. The van der Waals surface area contributed by atoms with Gasteiger partial charge in [0.25, 0.3) is 5.91 Å². The summed E-state index contributed by atoms with van der Waals surface area (Å²) in [6.07, 6.45) is 0. The number of carbonyl (C=O) groups excluding carboxylic acids is 2. The zero-order chi connectivity index (χ0) is 12.1. The average Bonchev–Trinajstić information content (AvgIpc) is 2.37. The second-order valence-electron chi connectivity index (χ2n) is 4.36. The maximum atomic E-state index is 11.7. The lowest BCUT2D eigenvalue weighted by atomic mass is 9.95. The molecule has 5 heteroatoms. The summed E-state index contributed by atoms with van der Waals surface area (Å²) in [5, 5.41) is 2.88. The van der Waals surface area contributed by atoms with Gasteiger partial charge < -0.3 is 5.32 Å². The van der Waals surface area contributed by atoms with Gasteiger partial charge in [-0.2, -0.15) is 0 Å². The molecule has 16 heavy (non-hydrogen) atoms. The molecule has 0 atom stereocenters. The normalized spacial score (nSPS) is 16.9. The highest BCUT2D eigenvalue weighted by Crippen LogP contribution is 2.34. The number of aromatic nitrogens is 1. The molecule has 1 aliphatic rings. The molecular weight excluding hydrogens is 228 g/mol. The fourth-order valence-corrected chi connectivity index (χ4v) is 2.10. The molecular formula is C11H11ClN2O2. The van der Waals surface area contributed by atoms with Crippen LogP contribution in [0.25, 0.3) is 0 Å². The predicted molar refractivity (Wildman–Crippen MR) is 59.7 cm³/mol. The minimum absolute atomic E-state index is 0.0887. The number of hydrogen-bond acceptors (Lipinski definition) is 3. The molecule has 1 N–H and O–H groups in total. The lowest BCUT2D eigenvalue weighted by Crippen LogP contribution is -2.32. The monoisotopic (exact) mass is 238 g/mol. The lowest BCUT2D eigenvalue weighted by molar-refractivity contribution is 0.0939. The minimum atomic E-state index is -0.511. The topological polar surface area (TPSA) is 59.1 Å². The van der Waals surface area contributed by atoms with Crippen LogP contribution in [0.15, 0.2) is 6.07 Å². The fourth-order valence-electron chi connectivity index (χ4n) is 1.82. The van der Waals surface area contributed by atoms with Gasteiger partial charge in [0.1, 0.15) is 10.8 Å². The largest absolute Gasteiger partial charge is 0.343 e. The van der Waals surface area contributed by atoms with Gasteiger partial charge in [-0.25, -0.2) is 4.98 Å². The number of halogens is 1. The third-order valence-corrected chi connectivity index (χ3v) is 2.94. The number of pyridine rings is 1. The number of fused-ring (bicyclic) bond motifs is 1. The Bertz CT molecular complexity index is 509. The van der Waals surface area contributed by atoms with Gasteiger partial charge in [0.05, 0.1) is 11.1 Å². The van der Waals surface area contributed by atoms with Crippen LogP contribution in [0, 0.1) is 0 Å². The summed E-state index contributed by atoms with van der Waals surface area (Å²) < 4.78 is 0. The Morgan fingerprint density at radius 2 is 2.12 bits per heavy atom. The van der Waals surface area contributed by atoms with Crippen LogP contribution in [0.4, 0.5) is 0 Å². The van der Waals surface area contributed by atoms with Crippen molar-refractivity contribution in [3.8, 4) is 0 Å². The molecule has 0 radical (unpaired) electrons. The second-order valence-corrected chi connectivity index (χ2v) is 4.71. The quantitative estimate of drug-likeness (QED) is 0.601. The van der Waals surface area contributed by atoms with E-state index in [1.165, 1.54) is 6.92 Å². The number of hydrogen-bond donors (Lipinski definition) is 1. The summed E-state index contributed by atoms with van der Waals surface area (Å²) in [6, 6.07) is 1.63. The third-order valence-electron chi connectivity index (χ3n) is 2.66. The van der Waals surface area contributed by atoms with Crippen molar-refractivity contribution in [2.75, 3.05) is 0 Å². The van der Waals surface area contributed by atoms with Crippen LogP contribution in [0.5, 0.6) is 0 Å². The summed E-state index contributed by atoms with van der Waals surface area (Å²) in [5.41, 5.74) is 0.871. The smallest absolute Gasteiger partial charge is 0.255 e. The summed E-state index contributed by atoms with van der Waals surface area (Å²) in [7, 11) is 0. The van der Waals surface area contributed by atoms with E-state index in [4.69, 9.17) is 11.6 Å². The van der Waals surface area contributed by atoms with Crippen LogP contribution >= 0.6 is 11.6 Å². The molecule has 1 amide bonds. The minimum Gasteiger partial charge on any atom is -0.343 e. The van der Waals surface area contributed by atoms with Crippen LogP contribution in [-0.4, -0.2) is 16.7 Å². The third kappa shape index (κ3) is 1.50. The van der Waals surface area contributed by atoms with E-state index in [0.717, 1.165) is 5.56 Å². The summed E-state index contributed by atoms with van der Waals surface area (Å²) in [6.45, 7) is 5.14. The number of nitrogens with zero attached hydrogens (tertiary/aromatic N) is 1. The molecule has 0 unspecified atom stereocenters. The van der Waals surface area contributed by atoms with E-state index in [1.807, 2.05) is 13.8 Å². The van der Waals surface area contributed by atoms with Gasteiger partial charge in [0.15, 0.2) is 5.78 Å². The zero-order valence-electron chi connectivity index (χ0n) is 9.22. The number of carbonyl (C=O) groups is 2. The Hall–Kier alpha value is -1.42. The molecule has 0 saturated carbocycles. The molecule has 1 aromatic heterocycles. The van der Waals surface area contributed by atoms with E-state index in [0.29, 0.717) is 5.56 Å². The number of Topliss-reactive ketones (excluding diaryl/α,β-unsaturated/α-hetero) is 1. The Morgan fingerprint density at radius 3 is 2.69 bits per heavy atom. The van der Waals surface area contributed by atoms with Crippen LogP contribution in [0.2, 0.25) is 5.15 Å². The van der Waals surface area contributed by atoms with Crippen molar-refractivity contribution in [1.82, 2.24) is 10.3 Å². The van der Waals surface area contributed by atoms with E-state index < -0.39 is 5.54 Å². The van der Waals surface area contributed by atoms with Crippen molar-refractivity contribution in [2.45, 2.75) is 26.3 Å². The SMILES string of the molecule is CC(=O)c1cc2c(c(Cl)n1)C(=O)NC2(C)C. The molecule has 0 spiro atoms. The molecule has 4 nitrogen and oxygen atoms in total. The van der Waals surface area contributed by atoms with Crippen LogP contribution < -0.4 is 5.32 Å². The fraction of sp³-hybridized carbons (Fsp3) is 0.364. The first-order valence-corrected chi connectivity index (χ1v) is 5.25. The van der Waals surface area contributed by atoms with E-state index in [9.17, 15) is 9.59 Å². The molecule has 0 aliphatic carbocycles. The van der Waals surface area contributed by atoms with Crippen molar-refractivity contribution in [3.63, 3.8) is 0 Å². The first kappa shape index (κ1) is 11.1. The molecule has 0 saturated heterocycles. The Morgan fingerprint density at radius 1 is 1.50 bits per heavy atom. The maximum absolute atomic E-state index is 11.7.